The van der Waals surface area contributed by atoms with Gasteiger partial charge in [0.2, 0.25) is 0 Å². The Kier molecular flexibility index (Phi) is 8.23. The van der Waals surface area contributed by atoms with Crippen LogP contribution in [-0.4, -0.2) is 7.25 Å². The van der Waals surface area contributed by atoms with Gasteiger partial charge in [-0.1, -0.05) is 127 Å². The molecule has 0 aliphatic carbocycles. The average molecular weight is 542 g/mol. The summed E-state index contributed by atoms with van der Waals surface area (Å²) < 4.78 is 39.0. The predicted molar refractivity (Wildman–Crippen MR) is 161 cm³/mol. The van der Waals surface area contributed by atoms with Crippen molar-refractivity contribution in [2.45, 2.75) is 17.3 Å². The van der Waals surface area contributed by atoms with E-state index >= 15 is 0 Å². The Balaban J connectivity index is 0.000000567. The highest BCUT2D eigenvalue weighted by atomic mass is 32.2. The van der Waals surface area contributed by atoms with Crippen LogP contribution in [0.5, 0.6) is 0 Å². The molecule has 6 rings (SSSR count). The fourth-order valence-electron chi connectivity index (χ4n) is 5.07. The first-order valence-electron chi connectivity index (χ1n) is 12.8. The summed E-state index contributed by atoms with van der Waals surface area (Å²) >= 11 is 0. The maximum absolute atomic E-state index is 9.75. The number of rotatable bonds is 6. The van der Waals surface area contributed by atoms with Crippen LogP contribution in [-0.2, 0) is 28.2 Å². The molecule has 0 unspecified atom stereocenters. The fourth-order valence-corrected chi connectivity index (χ4v) is 7.45. The minimum absolute atomic E-state index is 0.155. The monoisotopic (exact) mass is 542 g/mol. The molecule has 0 fully saturated rings. The van der Waals surface area contributed by atoms with Crippen molar-refractivity contribution < 1.29 is 17.3 Å². The van der Waals surface area contributed by atoms with Crippen molar-refractivity contribution in [1.82, 2.24) is 0 Å². The smallest absolute Gasteiger partial charge is 0.418 e. The molecule has 0 spiro atoms. The minimum Gasteiger partial charge on any atom is -0.418 e. The third-order valence-corrected chi connectivity index (χ3v) is 8.88. The number of hydrogen-bond donors (Lipinski definition) is 0. The molecule has 6 heteroatoms. The van der Waals surface area contributed by atoms with Crippen LogP contribution in [0, 0.1) is 0 Å². The highest BCUT2D eigenvalue weighted by molar-refractivity contribution is 7.94. The number of benzene rings is 6. The van der Waals surface area contributed by atoms with Gasteiger partial charge in [0, 0.05) is 27.6 Å². The standard InChI is InChI=1S/C33H27S.BF4/c1-4-19-31-25(10-1)13-7-16-28(31)22-34(23-29-17-8-14-26-11-2-5-20-32(26)29)24-30-18-9-15-27-12-3-6-21-33(27)30;2-1(3,4)5/h1-21H,22-24H2;/q+1;-1. The van der Waals surface area contributed by atoms with Gasteiger partial charge in [-0.15, -0.1) is 0 Å². The molecule has 0 nitrogen and oxygen atoms in total. The van der Waals surface area contributed by atoms with Gasteiger partial charge in [-0.05, 0) is 32.3 Å². The van der Waals surface area contributed by atoms with Gasteiger partial charge in [-0.25, -0.2) is 0 Å². The fraction of sp³-hybridized carbons (Fsp3) is 0.0909. The zero-order valence-electron chi connectivity index (χ0n) is 21.2. The van der Waals surface area contributed by atoms with Crippen LogP contribution in [0.3, 0.4) is 0 Å². The maximum atomic E-state index is 9.75. The topological polar surface area (TPSA) is 0 Å². The largest absolute Gasteiger partial charge is 0.673 e. The van der Waals surface area contributed by atoms with Crippen LogP contribution in [0.1, 0.15) is 16.7 Å². The van der Waals surface area contributed by atoms with Crippen LogP contribution >= 0.6 is 0 Å². The normalized spacial score (nSPS) is 11.6. The highest BCUT2D eigenvalue weighted by Crippen LogP contribution is 2.30. The molecular formula is C33H27BF4S. The Labute approximate surface area is 228 Å². The van der Waals surface area contributed by atoms with Gasteiger partial charge < -0.3 is 17.3 Å². The van der Waals surface area contributed by atoms with Crippen LogP contribution in [0.15, 0.2) is 127 Å². The molecule has 0 heterocycles. The zero-order valence-corrected chi connectivity index (χ0v) is 22.1. The van der Waals surface area contributed by atoms with E-state index in [1.165, 1.54) is 49.0 Å². The molecule has 0 aliphatic rings. The molecule has 0 radical (unpaired) electrons. The van der Waals surface area contributed by atoms with E-state index < -0.39 is 7.25 Å². The van der Waals surface area contributed by atoms with E-state index in [4.69, 9.17) is 0 Å². The quantitative estimate of drug-likeness (QED) is 0.112. The summed E-state index contributed by atoms with van der Waals surface area (Å²) in [5, 5.41) is 8.16. The maximum Gasteiger partial charge on any atom is 0.673 e. The lowest BCUT2D eigenvalue weighted by Crippen LogP contribution is -2.13. The summed E-state index contributed by atoms with van der Waals surface area (Å²) in [5.41, 5.74) is 4.38. The lowest BCUT2D eigenvalue weighted by molar-refractivity contribution is 0.368. The Morgan fingerprint density at radius 1 is 0.385 bits per heavy atom. The van der Waals surface area contributed by atoms with Crippen molar-refractivity contribution in [3.8, 4) is 0 Å². The number of halogens is 4. The van der Waals surface area contributed by atoms with Crippen LogP contribution in [0.25, 0.3) is 32.3 Å². The highest BCUT2D eigenvalue weighted by Gasteiger charge is 2.24. The van der Waals surface area contributed by atoms with Gasteiger partial charge in [0.15, 0.2) is 0 Å². The van der Waals surface area contributed by atoms with Gasteiger partial charge in [-0.2, -0.15) is 0 Å². The van der Waals surface area contributed by atoms with Crippen LogP contribution in [0.2, 0.25) is 0 Å². The van der Waals surface area contributed by atoms with Crippen molar-refractivity contribution in [2.75, 3.05) is 0 Å². The van der Waals surface area contributed by atoms with E-state index in [1.807, 2.05) is 0 Å². The molecule has 196 valence electrons. The lowest BCUT2D eigenvalue weighted by atomic mass is 10.1. The van der Waals surface area contributed by atoms with E-state index in [0.717, 1.165) is 17.3 Å². The Bertz CT molecular complexity index is 1500. The summed E-state index contributed by atoms with van der Waals surface area (Å²) in [6.07, 6.45) is 0. The molecule has 6 aromatic rings. The lowest BCUT2D eigenvalue weighted by Gasteiger charge is -2.14. The summed E-state index contributed by atoms with van der Waals surface area (Å²) in [4.78, 5) is 0. The third-order valence-electron chi connectivity index (χ3n) is 6.72. The van der Waals surface area contributed by atoms with Crippen molar-refractivity contribution in [3.05, 3.63) is 144 Å². The van der Waals surface area contributed by atoms with E-state index in [9.17, 15) is 17.3 Å². The van der Waals surface area contributed by atoms with Gasteiger partial charge in [0.1, 0.15) is 17.3 Å². The Morgan fingerprint density at radius 2 is 0.641 bits per heavy atom. The summed E-state index contributed by atoms with van der Waals surface area (Å²) in [5.74, 6) is 3.27. The van der Waals surface area contributed by atoms with Gasteiger partial charge >= 0.3 is 7.25 Å². The van der Waals surface area contributed by atoms with E-state index in [2.05, 4.69) is 127 Å². The molecule has 0 atom stereocenters. The molecular weight excluding hydrogens is 515 g/mol. The predicted octanol–water partition coefficient (Wildman–Crippen LogP) is 9.96. The molecule has 0 saturated carbocycles. The second-order valence-electron chi connectivity index (χ2n) is 9.46. The average Bonchev–Trinajstić information content (AvgIpc) is 2.93. The first-order chi connectivity index (χ1) is 18.8. The summed E-state index contributed by atoms with van der Waals surface area (Å²) in [6.45, 7) is 0. The molecule has 0 aromatic heterocycles. The Morgan fingerprint density at radius 3 is 0.949 bits per heavy atom. The first-order valence-corrected chi connectivity index (χ1v) is 14.5. The second kappa shape index (κ2) is 12.0. The second-order valence-corrected chi connectivity index (χ2v) is 11.5. The third kappa shape index (κ3) is 7.01. The van der Waals surface area contributed by atoms with Crippen molar-refractivity contribution in [3.63, 3.8) is 0 Å². The van der Waals surface area contributed by atoms with Gasteiger partial charge in [0.05, 0.1) is 0 Å². The molecule has 6 aromatic carbocycles. The van der Waals surface area contributed by atoms with Crippen LogP contribution < -0.4 is 0 Å². The van der Waals surface area contributed by atoms with Crippen LogP contribution in [0.4, 0.5) is 17.3 Å². The first kappa shape index (κ1) is 26.8. The minimum atomic E-state index is -6.00. The SMILES string of the molecule is F[B-](F)(F)F.c1ccc2c(C[S+](Cc3cccc4ccccc34)Cc3cccc4ccccc34)cccc2c1. The molecule has 0 amide bonds. The van der Waals surface area contributed by atoms with Gasteiger partial charge in [0.25, 0.3) is 0 Å². The Hall–Kier alpha value is -3.77. The number of fused-ring (bicyclic) bond motifs is 3. The van der Waals surface area contributed by atoms with E-state index in [1.54, 1.807) is 0 Å². The molecule has 0 aliphatic heterocycles. The van der Waals surface area contributed by atoms with E-state index in [-0.39, 0.29) is 10.9 Å². The van der Waals surface area contributed by atoms with Crippen molar-refractivity contribution in [2.24, 2.45) is 0 Å². The molecule has 0 N–H and O–H groups in total. The summed E-state index contributed by atoms with van der Waals surface area (Å²) in [7, 11) is -5.85. The summed E-state index contributed by atoms with van der Waals surface area (Å²) in [6, 6.07) is 46.8. The number of hydrogen-bond acceptors (Lipinski definition) is 0. The molecule has 39 heavy (non-hydrogen) atoms. The van der Waals surface area contributed by atoms with E-state index in [0.29, 0.717) is 0 Å². The molecule has 0 bridgehead atoms. The van der Waals surface area contributed by atoms with Gasteiger partial charge in [-0.3, -0.25) is 0 Å². The molecule has 0 saturated heterocycles. The van der Waals surface area contributed by atoms with Crippen molar-refractivity contribution >= 4 is 50.5 Å². The van der Waals surface area contributed by atoms with Crippen molar-refractivity contribution in [1.29, 1.82) is 0 Å². The zero-order chi connectivity index (χ0) is 27.2.